The Morgan fingerprint density at radius 2 is 1.84 bits per heavy atom. The Morgan fingerprint density at radius 3 is 2.53 bits per heavy atom. The van der Waals surface area contributed by atoms with E-state index in [2.05, 4.69) is 25.1 Å². The van der Waals surface area contributed by atoms with Gasteiger partial charge in [-0.05, 0) is 78.4 Å². The Kier molecular flexibility index (Phi) is 9.23. The van der Waals surface area contributed by atoms with Crippen molar-refractivity contribution in [1.82, 2.24) is 14.8 Å². The molecule has 3 aromatic carbocycles. The van der Waals surface area contributed by atoms with Gasteiger partial charge >= 0.3 is 12.4 Å². The zero-order valence-electron chi connectivity index (χ0n) is 24.4. The molecule has 3 amide bonds. The molecule has 1 aliphatic heterocycles. The van der Waals surface area contributed by atoms with Crippen LogP contribution in [0.25, 0.3) is 5.69 Å². The molecule has 1 fully saturated rings. The van der Waals surface area contributed by atoms with E-state index < -0.39 is 18.2 Å². The smallest absolute Gasteiger partial charge is 0.406 e. The summed E-state index contributed by atoms with van der Waals surface area (Å²) in [6, 6.07) is 14.5. The minimum absolute atomic E-state index is 0.143. The maximum absolute atomic E-state index is 14.9. The Balaban J connectivity index is 1.21. The number of amides is 3. The molecular weight excluding hydrogens is 612 g/mol. The first-order valence-corrected chi connectivity index (χ1v) is 14.9. The molecule has 1 saturated heterocycles. The molecule has 2 heterocycles. The van der Waals surface area contributed by atoms with Gasteiger partial charge in [0.05, 0.1) is 17.1 Å². The second kappa shape index (κ2) is 13.1. The summed E-state index contributed by atoms with van der Waals surface area (Å²) in [4.78, 5) is 35.4. The zero-order chi connectivity index (χ0) is 32.3. The van der Waals surface area contributed by atoms with E-state index in [1.165, 1.54) is 52.3 Å². The maximum atomic E-state index is 14.9. The summed E-state index contributed by atoms with van der Waals surface area (Å²) in [5.74, 6) is -0.385. The van der Waals surface area contributed by atoms with Crippen LogP contribution in [0.1, 0.15) is 42.3 Å². The molecular formula is C31H28F4N6O3S. The molecule has 0 radical (unpaired) electrons. The number of carbonyl (C=O) groups excluding carboxylic acids is 2. The lowest BCUT2D eigenvalue weighted by Gasteiger charge is -2.22. The highest BCUT2D eigenvalue weighted by Crippen LogP contribution is 2.34. The number of aromatic nitrogens is 3. The second-order valence-corrected chi connectivity index (χ2v) is 11.5. The van der Waals surface area contributed by atoms with Crippen LogP contribution >= 0.6 is 11.8 Å². The quantitative estimate of drug-likeness (QED) is 0.205. The molecule has 45 heavy (non-hydrogen) atoms. The third kappa shape index (κ3) is 7.87. The average molecular weight is 641 g/mol. The van der Waals surface area contributed by atoms with Crippen LogP contribution in [0.4, 0.5) is 33.7 Å². The Labute approximate surface area is 260 Å². The number of aryl methyl sites for hydroxylation is 3. The van der Waals surface area contributed by atoms with Gasteiger partial charge in [0.15, 0.2) is 11.0 Å². The van der Waals surface area contributed by atoms with Crippen molar-refractivity contribution in [2.24, 2.45) is 4.99 Å². The number of hydrogen-bond donors (Lipinski definition) is 1. The van der Waals surface area contributed by atoms with E-state index in [1.807, 2.05) is 39.0 Å². The lowest BCUT2D eigenvalue weighted by atomic mass is 9.99. The van der Waals surface area contributed by atoms with Crippen molar-refractivity contribution in [2.45, 2.75) is 45.9 Å². The molecule has 234 valence electrons. The largest absolute Gasteiger partial charge is 0.573 e. The van der Waals surface area contributed by atoms with Crippen molar-refractivity contribution in [3.8, 4) is 11.4 Å². The Morgan fingerprint density at radius 1 is 1.09 bits per heavy atom. The van der Waals surface area contributed by atoms with Gasteiger partial charge in [-0.15, -0.1) is 13.2 Å². The van der Waals surface area contributed by atoms with Gasteiger partial charge in [-0.3, -0.25) is 9.69 Å². The average Bonchev–Trinajstić information content (AvgIpc) is 3.58. The third-order valence-electron chi connectivity index (χ3n) is 6.81. The molecule has 1 aromatic heterocycles. The summed E-state index contributed by atoms with van der Waals surface area (Å²) in [5.41, 5.74) is 3.66. The number of nitrogens with one attached hydrogen (secondary N) is 1. The van der Waals surface area contributed by atoms with Crippen LogP contribution in [-0.4, -0.2) is 44.0 Å². The normalized spacial score (nSPS) is 14.4. The predicted molar refractivity (Wildman–Crippen MR) is 164 cm³/mol. The number of amidine groups is 1. The summed E-state index contributed by atoms with van der Waals surface area (Å²) in [5, 5.41) is 7.12. The van der Waals surface area contributed by atoms with Crippen molar-refractivity contribution in [2.75, 3.05) is 16.0 Å². The van der Waals surface area contributed by atoms with E-state index in [1.54, 1.807) is 6.07 Å². The molecule has 0 atom stereocenters. The van der Waals surface area contributed by atoms with E-state index in [4.69, 9.17) is 0 Å². The van der Waals surface area contributed by atoms with Gasteiger partial charge in [0.25, 0.3) is 0 Å². The van der Waals surface area contributed by atoms with Crippen molar-refractivity contribution < 1.29 is 31.9 Å². The summed E-state index contributed by atoms with van der Waals surface area (Å²) in [6.07, 6.45) is -2.83. The summed E-state index contributed by atoms with van der Waals surface area (Å²) < 4.78 is 57.3. The molecule has 0 unspecified atom stereocenters. The lowest BCUT2D eigenvalue weighted by molar-refractivity contribution is -0.274. The van der Waals surface area contributed by atoms with E-state index in [-0.39, 0.29) is 47.0 Å². The van der Waals surface area contributed by atoms with Crippen LogP contribution in [0.5, 0.6) is 5.75 Å². The van der Waals surface area contributed by atoms with E-state index in [9.17, 15) is 27.2 Å². The molecule has 9 nitrogen and oxygen atoms in total. The van der Waals surface area contributed by atoms with Crippen LogP contribution in [0.15, 0.2) is 72.0 Å². The van der Waals surface area contributed by atoms with E-state index in [0.717, 1.165) is 22.9 Å². The number of thioether (sulfide) groups is 1. The number of rotatable bonds is 8. The number of nitrogens with zero attached hydrogens (tertiary/aromatic N) is 5. The molecule has 1 N–H and O–H groups in total. The molecule has 14 heteroatoms. The van der Waals surface area contributed by atoms with Crippen LogP contribution in [0.2, 0.25) is 0 Å². The van der Waals surface area contributed by atoms with Crippen molar-refractivity contribution >= 4 is 40.2 Å². The van der Waals surface area contributed by atoms with Crippen LogP contribution in [0.3, 0.4) is 0 Å². The number of urea groups is 1. The number of halogens is 4. The van der Waals surface area contributed by atoms with Gasteiger partial charge < -0.3 is 10.1 Å². The molecule has 0 saturated carbocycles. The fourth-order valence-electron chi connectivity index (χ4n) is 4.67. The van der Waals surface area contributed by atoms with Gasteiger partial charge in [0.2, 0.25) is 5.91 Å². The van der Waals surface area contributed by atoms with E-state index in [0.29, 0.717) is 22.8 Å². The van der Waals surface area contributed by atoms with Gasteiger partial charge in [0.1, 0.15) is 17.9 Å². The van der Waals surface area contributed by atoms with Gasteiger partial charge in [-0.1, -0.05) is 43.8 Å². The molecule has 0 spiro atoms. The molecule has 0 aliphatic carbocycles. The van der Waals surface area contributed by atoms with Crippen molar-refractivity contribution in [3.63, 3.8) is 0 Å². The monoisotopic (exact) mass is 640 g/mol. The first kappa shape index (κ1) is 31.7. The first-order chi connectivity index (χ1) is 21.4. The highest BCUT2D eigenvalue weighted by Gasteiger charge is 2.33. The number of hydrogen-bond acceptors (Lipinski definition) is 6. The molecule has 4 aromatic rings. The highest BCUT2D eigenvalue weighted by molar-refractivity contribution is 8.15. The van der Waals surface area contributed by atoms with Gasteiger partial charge in [0, 0.05) is 12.1 Å². The van der Waals surface area contributed by atoms with E-state index >= 15 is 0 Å². The number of anilines is 2. The number of ether oxygens (including phenoxy) is 1. The molecule has 5 rings (SSSR count). The molecule has 0 bridgehead atoms. The minimum Gasteiger partial charge on any atom is -0.406 e. The maximum Gasteiger partial charge on any atom is 0.573 e. The SMILES string of the molecule is Cc1ccc(C(C)C)c(N2C(=O)CSC2=NC(=O)Nc2ccc(CCc3ncn(-c4ccc(OC(F)(F)F)cc4)n3)c(F)c2)c1. The number of aliphatic imine (C=N–C) groups is 1. The highest BCUT2D eigenvalue weighted by atomic mass is 32.2. The predicted octanol–water partition coefficient (Wildman–Crippen LogP) is 7.19. The summed E-state index contributed by atoms with van der Waals surface area (Å²) >= 11 is 1.16. The van der Waals surface area contributed by atoms with Crippen molar-refractivity contribution in [1.29, 1.82) is 0 Å². The lowest BCUT2D eigenvalue weighted by Crippen LogP contribution is -2.31. The molecule has 1 aliphatic rings. The zero-order valence-corrected chi connectivity index (χ0v) is 25.2. The van der Waals surface area contributed by atoms with Crippen LogP contribution in [-0.2, 0) is 17.6 Å². The van der Waals surface area contributed by atoms with Gasteiger partial charge in [-0.2, -0.15) is 10.1 Å². The summed E-state index contributed by atoms with van der Waals surface area (Å²) in [7, 11) is 0. The number of alkyl halides is 3. The minimum atomic E-state index is -4.78. The fraction of sp³-hybridized carbons (Fsp3) is 0.258. The Hall–Kier alpha value is -4.72. The summed E-state index contributed by atoms with van der Waals surface area (Å²) in [6.45, 7) is 5.97. The topological polar surface area (TPSA) is 102 Å². The van der Waals surface area contributed by atoms with Crippen LogP contribution in [0, 0.1) is 12.7 Å². The number of benzene rings is 3. The third-order valence-corrected chi connectivity index (χ3v) is 7.73. The Bertz CT molecular complexity index is 1750. The van der Waals surface area contributed by atoms with Crippen LogP contribution < -0.4 is 15.0 Å². The van der Waals surface area contributed by atoms with Gasteiger partial charge in [-0.25, -0.2) is 18.9 Å². The first-order valence-electron chi connectivity index (χ1n) is 13.9. The van der Waals surface area contributed by atoms with Crippen molar-refractivity contribution in [3.05, 3.63) is 95.3 Å². The standard InChI is InChI=1S/C31H28F4N6O3S/c1-18(2)24-12-4-19(3)14-26(24)41-28(42)16-45-30(41)38-29(43)37-21-7-5-20(25(32)15-21)6-13-27-36-17-40(39-27)22-8-10-23(11-9-22)44-31(33,34)35/h4-5,7-12,14-15,17-18H,6,13,16H2,1-3H3,(H,37,43). The fourth-order valence-corrected chi connectivity index (χ4v) is 5.53. The second-order valence-electron chi connectivity index (χ2n) is 10.5. The number of carbonyl (C=O) groups is 2.